The van der Waals surface area contributed by atoms with Crippen LogP contribution in [0.4, 0.5) is 0 Å². The third kappa shape index (κ3) is 4.39. The van der Waals surface area contributed by atoms with Crippen molar-refractivity contribution in [3.63, 3.8) is 0 Å². The Kier molecular flexibility index (Phi) is 3.45. The summed E-state index contributed by atoms with van der Waals surface area (Å²) in [4.78, 5) is 4.27. The van der Waals surface area contributed by atoms with Crippen molar-refractivity contribution in [3.05, 3.63) is 28.5 Å². The van der Waals surface area contributed by atoms with E-state index in [9.17, 15) is 0 Å². The molecule has 1 N–H and O–H groups in total. The fourth-order valence-electron chi connectivity index (χ4n) is 0.867. The maximum Gasteiger partial charge on any atom is 0.0542 e. The van der Waals surface area contributed by atoms with E-state index in [2.05, 4.69) is 47.0 Å². The van der Waals surface area contributed by atoms with E-state index in [4.69, 9.17) is 0 Å². The number of aromatic nitrogens is 1. The number of nitrogens with zero attached hydrogens (tertiary/aromatic N) is 1. The van der Waals surface area contributed by atoms with E-state index in [1.807, 2.05) is 18.3 Å². The van der Waals surface area contributed by atoms with Crippen molar-refractivity contribution < 1.29 is 0 Å². The molecule has 1 heterocycles. The van der Waals surface area contributed by atoms with E-state index in [-0.39, 0.29) is 5.54 Å². The van der Waals surface area contributed by atoms with Crippen LogP contribution in [0.15, 0.2) is 22.8 Å². The van der Waals surface area contributed by atoms with Gasteiger partial charge in [0, 0.05) is 22.8 Å². The zero-order valence-electron chi connectivity index (χ0n) is 8.26. The van der Waals surface area contributed by atoms with Crippen LogP contribution in [0.25, 0.3) is 0 Å². The van der Waals surface area contributed by atoms with Gasteiger partial charge in [-0.25, -0.2) is 0 Å². The Bertz CT molecular complexity index is 261. The van der Waals surface area contributed by atoms with Crippen LogP contribution in [0.2, 0.25) is 0 Å². The third-order valence-corrected chi connectivity index (χ3v) is 2.06. The first kappa shape index (κ1) is 10.7. The van der Waals surface area contributed by atoms with Crippen LogP contribution in [-0.4, -0.2) is 10.5 Å². The molecule has 0 aliphatic heterocycles. The van der Waals surface area contributed by atoms with Crippen molar-refractivity contribution in [2.75, 3.05) is 0 Å². The summed E-state index contributed by atoms with van der Waals surface area (Å²) in [7, 11) is 0. The lowest BCUT2D eigenvalue weighted by Crippen LogP contribution is -2.35. The van der Waals surface area contributed by atoms with Gasteiger partial charge in [0.2, 0.25) is 0 Å². The zero-order chi connectivity index (χ0) is 9.90. The summed E-state index contributed by atoms with van der Waals surface area (Å²) in [6.45, 7) is 7.25. The van der Waals surface area contributed by atoms with Crippen LogP contribution in [0.3, 0.4) is 0 Å². The number of hydrogen-bond donors (Lipinski definition) is 1. The second kappa shape index (κ2) is 4.20. The van der Waals surface area contributed by atoms with Gasteiger partial charge in [-0.15, -0.1) is 0 Å². The Labute approximate surface area is 87.9 Å². The molecule has 0 unspecified atom stereocenters. The fraction of sp³-hybridized carbons (Fsp3) is 0.500. The van der Waals surface area contributed by atoms with Gasteiger partial charge in [0.05, 0.1) is 5.69 Å². The molecule has 0 atom stereocenters. The zero-order valence-corrected chi connectivity index (χ0v) is 9.85. The summed E-state index contributed by atoms with van der Waals surface area (Å²) in [5.41, 5.74) is 1.22. The lowest BCUT2D eigenvalue weighted by Gasteiger charge is -2.20. The van der Waals surface area contributed by atoms with E-state index in [1.54, 1.807) is 0 Å². The molecule has 0 aliphatic carbocycles. The van der Waals surface area contributed by atoms with Gasteiger partial charge in [-0.2, -0.15) is 0 Å². The van der Waals surface area contributed by atoms with Gasteiger partial charge < -0.3 is 5.32 Å². The summed E-state index contributed by atoms with van der Waals surface area (Å²) >= 11 is 3.35. The largest absolute Gasteiger partial charge is 0.306 e. The molecule has 3 heteroatoms. The summed E-state index contributed by atoms with van der Waals surface area (Å²) in [6.07, 6.45) is 1.82. The van der Waals surface area contributed by atoms with Crippen molar-refractivity contribution in [1.29, 1.82) is 0 Å². The van der Waals surface area contributed by atoms with Gasteiger partial charge in [-0.3, -0.25) is 4.98 Å². The number of pyridine rings is 1. The molecular formula is C10H15BrN2. The number of rotatable bonds is 2. The van der Waals surface area contributed by atoms with Crippen LogP contribution in [0, 0.1) is 0 Å². The highest BCUT2D eigenvalue weighted by Crippen LogP contribution is 2.08. The molecule has 1 aromatic heterocycles. The predicted molar refractivity (Wildman–Crippen MR) is 58.5 cm³/mol. The van der Waals surface area contributed by atoms with E-state index >= 15 is 0 Å². The normalized spacial score (nSPS) is 11.7. The van der Waals surface area contributed by atoms with Crippen molar-refractivity contribution in [2.45, 2.75) is 32.9 Å². The second-order valence-corrected chi connectivity index (χ2v) is 4.99. The molecule has 72 valence electrons. The lowest BCUT2D eigenvalue weighted by molar-refractivity contribution is 0.421. The maximum absolute atomic E-state index is 4.27. The Balaban J connectivity index is 2.51. The minimum atomic E-state index is 0.148. The first-order chi connectivity index (χ1) is 5.97. The van der Waals surface area contributed by atoms with Crippen LogP contribution >= 0.6 is 15.9 Å². The van der Waals surface area contributed by atoms with E-state index in [1.165, 1.54) is 0 Å². The molecule has 0 amide bonds. The molecular weight excluding hydrogens is 228 g/mol. The third-order valence-electron chi connectivity index (χ3n) is 1.59. The number of hydrogen-bond acceptors (Lipinski definition) is 2. The molecule has 0 spiro atoms. The monoisotopic (exact) mass is 242 g/mol. The van der Waals surface area contributed by atoms with Crippen LogP contribution in [0.5, 0.6) is 0 Å². The van der Waals surface area contributed by atoms with Gasteiger partial charge in [0.25, 0.3) is 0 Å². The summed E-state index contributed by atoms with van der Waals surface area (Å²) < 4.78 is 1.02. The van der Waals surface area contributed by atoms with Gasteiger partial charge in [0.15, 0.2) is 0 Å². The lowest BCUT2D eigenvalue weighted by atomic mass is 10.1. The molecule has 0 bridgehead atoms. The van der Waals surface area contributed by atoms with E-state index in [0.717, 1.165) is 16.7 Å². The van der Waals surface area contributed by atoms with Gasteiger partial charge in [-0.1, -0.05) is 0 Å². The van der Waals surface area contributed by atoms with Gasteiger partial charge >= 0.3 is 0 Å². The Morgan fingerprint density at radius 3 is 2.54 bits per heavy atom. The number of halogens is 1. The average Bonchev–Trinajstić information content (AvgIpc) is 2.02. The van der Waals surface area contributed by atoms with Gasteiger partial charge in [0.1, 0.15) is 0 Å². The second-order valence-electron chi connectivity index (χ2n) is 4.07. The van der Waals surface area contributed by atoms with Crippen molar-refractivity contribution in [2.24, 2.45) is 0 Å². The quantitative estimate of drug-likeness (QED) is 0.863. The first-order valence-corrected chi connectivity index (χ1v) is 5.12. The van der Waals surface area contributed by atoms with E-state index in [0.29, 0.717) is 0 Å². The molecule has 0 radical (unpaired) electrons. The Morgan fingerprint density at radius 2 is 2.08 bits per heavy atom. The first-order valence-electron chi connectivity index (χ1n) is 4.33. The average molecular weight is 243 g/mol. The molecule has 0 saturated heterocycles. The van der Waals surface area contributed by atoms with E-state index < -0.39 is 0 Å². The Hall–Kier alpha value is -0.410. The number of nitrogens with one attached hydrogen (secondary N) is 1. The highest BCUT2D eigenvalue weighted by molar-refractivity contribution is 9.10. The smallest absolute Gasteiger partial charge is 0.0542 e. The molecule has 0 saturated carbocycles. The molecule has 0 aliphatic rings. The minimum absolute atomic E-state index is 0.148. The van der Waals surface area contributed by atoms with Crippen LogP contribution in [0.1, 0.15) is 26.5 Å². The topological polar surface area (TPSA) is 24.9 Å². The Morgan fingerprint density at radius 1 is 1.38 bits per heavy atom. The maximum atomic E-state index is 4.27. The fourth-order valence-corrected chi connectivity index (χ4v) is 1.10. The molecule has 0 fully saturated rings. The predicted octanol–water partition coefficient (Wildman–Crippen LogP) is 2.73. The molecule has 2 nitrogen and oxygen atoms in total. The standard InChI is InChI=1S/C10H15BrN2/c1-10(2,3)13-7-9-5-4-8(11)6-12-9/h4-6,13H,7H2,1-3H3. The van der Waals surface area contributed by atoms with Crippen molar-refractivity contribution in [1.82, 2.24) is 10.3 Å². The molecule has 0 aromatic carbocycles. The highest BCUT2D eigenvalue weighted by atomic mass is 79.9. The van der Waals surface area contributed by atoms with Crippen LogP contribution < -0.4 is 5.32 Å². The van der Waals surface area contributed by atoms with Gasteiger partial charge in [-0.05, 0) is 48.8 Å². The summed E-state index contributed by atoms with van der Waals surface area (Å²) in [6, 6.07) is 4.02. The summed E-state index contributed by atoms with van der Waals surface area (Å²) in [5.74, 6) is 0. The van der Waals surface area contributed by atoms with Crippen molar-refractivity contribution >= 4 is 15.9 Å². The minimum Gasteiger partial charge on any atom is -0.306 e. The highest BCUT2D eigenvalue weighted by Gasteiger charge is 2.08. The summed E-state index contributed by atoms with van der Waals surface area (Å²) in [5, 5.41) is 3.38. The molecule has 13 heavy (non-hydrogen) atoms. The SMILES string of the molecule is CC(C)(C)NCc1ccc(Br)cn1. The molecule has 1 aromatic rings. The van der Waals surface area contributed by atoms with Crippen LogP contribution in [-0.2, 0) is 6.54 Å². The molecule has 1 rings (SSSR count). The van der Waals surface area contributed by atoms with Crippen molar-refractivity contribution in [3.8, 4) is 0 Å².